The summed E-state index contributed by atoms with van der Waals surface area (Å²) in [6, 6.07) is 0. The summed E-state index contributed by atoms with van der Waals surface area (Å²) in [6.45, 7) is 13.4. The summed E-state index contributed by atoms with van der Waals surface area (Å²) in [7, 11) is 0. The smallest absolute Gasteiger partial charge is 0.334 e. The van der Waals surface area contributed by atoms with Crippen LogP contribution in [0.3, 0.4) is 0 Å². The van der Waals surface area contributed by atoms with Crippen LogP contribution in [0.4, 0.5) is 0 Å². The second-order valence-electron chi connectivity index (χ2n) is 14.1. The van der Waals surface area contributed by atoms with Crippen LogP contribution in [0.15, 0.2) is 34.4 Å². The van der Waals surface area contributed by atoms with Gasteiger partial charge in [-0.15, -0.1) is 0 Å². The van der Waals surface area contributed by atoms with Gasteiger partial charge in [-0.25, -0.2) is 9.59 Å². The lowest BCUT2D eigenvalue weighted by Gasteiger charge is -2.66. The summed E-state index contributed by atoms with van der Waals surface area (Å²) in [5.41, 5.74) is 0.365. The highest BCUT2D eigenvalue weighted by Gasteiger charge is 2.77. The molecule has 10 heteroatoms. The van der Waals surface area contributed by atoms with Gasteiger partial charge >= 0.3 is 17.9 Å². The van der Waals surface area contributed by atoms with E-state index in [1.807, 2.05) is 27.7 Å². The largest absolute Gasteiger partial charge is 0.462 e. The molecule has 0 spiro atoms. The number of carbonyl (C=O) groups excluding carboxylic acids is 3. The number of cyclic esters (lactones) is 1. The van der Waals surface area contributed by atoms with Gasteiger partial charge in [-0.05, 0) is 44.8 Å². The van der Waals surface area contributed by atoms with E-state index in [9.17, 15) is 24.6 Å². The first-order valence-electron chi connectivity index (χ1n) is 15.4. The lowest BCUT2D eigenvalue weighted by Crippen LogP contribution is -2.72. The van der Waals surface area contributed by atoms with E-state index < -0.39 is 70.9 Å². The highest BCUT2D eigenvalue weighted by atomic mass is 16.6. The summed E-state index contributed by atoms with van der Waals surface area (Å²) in [5.74, 6) is -2.34. The van der Waals surface area contributed by atoms with Crippen molar-refractivity contribution < 1.29 is 48.3 Å². The molecule has 6 aliphatic rings. The molecule has 0 aromatic rings. The molecule has 43 heavy (non-hydrogen) atoms. The first-order valence-corrected chi connectivity index (χ1v) is 15.4. The maximum atomic E-state index is 13.5. The van der Waals surface area contributed by atoms with Crippen molar-refractivity contribution in [1.29, 1.82) is 0 Å². The van der Waals surface area contributed by atoms with E-state index in [1.54, 1.807) is 26.0 Å². The Morgan fingerprint density at radius 3 is 2.44 bits per heavy atom. The SMILES string of the molecule is CC=C(C)C(=O)O[C@H]1[C@H]2OC[C@@]3(C)[C@@H](OC(C)=O)C[C@@H](O)[C@](C)([C@H]23)[C@@H]2C[C@@H](O)O[C@@H]3C[C@H](C4=CCOC4=O)C(C)=C3[C@]21C. The molecule has 0 radical (unpaired) electrons. The quantitative estimate of drug-likeness (QED) is 0.214. The van der Waals surface area contributed by atoms with Crippen LogP contribution in [0.1, 0.15) is 67.7 Å². The number of aliphatic hydroxyl groups is 2. The summed E-state index contributed by atoms with van der Waals surface area (Å²) < 4.78 is 30.5. The van der Waals surface area contributed by atoms with E-state index in [4.69, 9.17) is 23.7 Å². The molecule has 0 aromatic carbocycles. The zero-order chi connectivity index (χ0) is 31.2. The van der Waals surface area contributed by atoms with Crippen molar-refractivity contribution >= 4 is 17.9 Å². The first-order chi connectivity index (χ1) is 20.2. The summed E-state index contributed by atoms with van der Waals surface area (Å²) in [6.07, 6.45) is -0.304. The number of aliphatic hydroxyl groups excluding tert-OH is 2. The first kappa shape index (κ1) is 30.5. The number of allylic oxidation sites excluding steroid dienone is 2. The minimum Gasteiger partial charge on any atom is -0.462 e. The van der Waals surface area contributed by atoms with Crippen molar-refractivity contribution in [2.24, 2.45) is 34.0 Å². The standard InChI is InChI=1S/C33H44O10/c1-8-15(2)29(37)43-28-26-27-31(5,14-40-26)23(41-17(4)34)13-22(35)32(27,6)21-12-24(36)42-20-11-19(18-9-10-39-30(18)38)16(3)25(20)33(21,28)7/h8-9,19-24,26-28,35-36H,10-14H2,1-7H3/t19-,20+,21-,22+,23-,24-,26-,27+,28-,31-,32+,33-/m0/s1. The highest BCUT2D eigenvalue weighted by molar-refractivity contribution is 5.92. The van der Waals surface area contributed by atoms with Gasteiger partial charge in [0, 0.05) is 59.0 Å². The van der Waals surface area contributed by atoms with Crippen molar-refractivity contribution in [2.75, 3.05) is 13.2 Å². The number of esters is 3. The van der Waals surface area contributed by atoms with E-state index in [0.717, 1.165) is 11.1 Å². The predicted molar refractivity (Wildman–Crippen MR) is 152 cm³/mol. The monoisotopic (exact) mass is 600 g/mol. The summed E-state index contributed by atoms with van der Waals surface area (Å²) in [5, 5.41) is 23.4. The topological polar surface area (TPSA) is 138 Å². The van der Waals surface area contributed by atoms with Gasteiger partial charge in [0.1, 0.15) is 18.8 Å². The molecule has 0 aromatic heterocycles. The molecule has 2 saturated heterocycles. The van der Waals surface area contributed by atoms with Crippen LogP contribution < -0.4 is 0 Å². The van der Waals surface area contributed by atoms with Gasteiger partial charge < -0.3 is 33.9 Å². The Bertz CT molecular complexity index is 1330. The van der Waals surface area contributed by atoms with E-state index in [2.05, 4.69) is 0 Å². The molecule has 0 amide bonds. The minimum atomic E-state index is -1.16. The van der Waals surface area contributed by atoms with E-state index >= 15 is 0 Å². The molecule has 2 saturated carbocycles. The summed E-state index contributed by atoms with van der Waals surface area (Å²) in [4.78, 5) is 38.4. The van der Waals surface area contributed by atoms with Gasteiger partial charge in [-0.2, -0.15) is 0 Å². The average molecular weight is 601 g/mol. The average Bonchev–Trinajstić information content (AvgIpc) is 3.60. The van der Waals surface area contributed by atoms with Crippen LogP contribution in [0.5, 0.6) is 0 Å². The Labute approximate surface area is 252 Å². The Morgan fingerprint density at radius 1 is 1.09 bits per heavy atom. The fourth-order valence-electron chi connectivity index (χ4n) is 10.1. The van der Waals surface area contributed by atoms with Crippen LogP contribution in [-0.4, -0.2) is 78.1 Å². The molecule has 3 aliphatic heterocycles. The Kier molecular flexibility index (Phi) is 7.27. The molecule has 3 heterocycles. The van der Waals surface area contributed by atoms with Crippen LogP contribution in [0, 0.1) is 34.0 Å². The number of hydrogen-bond acceptors (Lipinski definition) is 10. The maximum absolute atomic E-state index is 13.5. The Morgan fingerprint density at radius 2 is 1.81 bits per heavy atom. The number of hydrogen-bond donors (Lipinski definition) is 2. The third-order valence-electron chi connectivity index (χ3n) is 12.0. The second kappa shape index (κ2) is 10.3. The van der Waals surface area contributed by atoms with Crippen molar-refractivity contribution in [3.63, 3.8) is 0 Å². The number of fused-ring (bicyclic) bond motifs is 4. The van der Waals surface area contributed by atoms with Gasteiger partial charge in [-0.1, -0.05) is 32.4 Å². The molecule has 4 fully saturated rings. The molecule has 3 aliphatic carbocycles. The maximum Gasteiger partial charge on any atom is 0.334 e. The lowest BCUT2D eigenvalue weighted by atomic mass is 9.39. The van der Waals surface area contributed by atoms with E-state index in [1.165, 1.54) is 6.92 Å². The van der Waals surface area contributed by atoms with E-state index in [0.29, 0.717) is 17.6 Å². The molecule has 12 atom stereocenters. The molecular formula is C33H44O10. The van der Waals surface area contributed by atoms with Crippen molar-refractivity contribution in [3.05, 3.63) is 34.4 Å². The fraction of sp³-hybridized carbons (Fsp3) is 0.727. The van der Waals surface area contributed by atoms with Crippen molar-refractivity contribution in [1.82, 2.24) is 0 Å². The van der Waals surface area contributed by atoms with Crippen LogP contribution in [0.25, 0.3) is 0 Å². The molecule has 10 nitrogen and oxygen atoms in total. The van der Waals surface area contributed by atoms with E-state index in [-0.39, 0.29) is 43.9 Å². The molecule has 0 unspecified atom stereocenters. The fourth-order valence-corrected chi connectivity index (χ4v) is 10.1. The van der Waals surface area contributed by atoms with Gasteiger partial charge in [0.15, 0.2) is 6.29 Å². The van der Waals surface area contributed by atoms with Gasteiger partial charge in [0.25, 0.3) is 0 Å². The molecule has 2 N–H and O–H groups in total. The third kappa shape index (κ3) is 4.16. The van der Waals surface area contributed by atoms with Crippen molar-refractivity contribution in [2.45, 2.75) is 105 Å². The van der Waals surface area contributed by atoms with Crippen molar-refractivity contribution in [3.8, 4) is 0 Å². The van der Waals surface area contributed by atoms with Gasteiger partial charge in [-0.3, -0.25) is 4.79 Å². The highest BCUT2D eigenvalue weighted by Crippen LogP contribution is 2.72. The van der Waals surface area contributed by atoms with Crippen LogP contribution in [-0.2, 0) is 38.1 Å². The van der Waals surface area contributed by atoms with Crippen LogP contribution in [0.2, 0.25) is 0 Å². The molecule has 236 valence electrons. The lowest BCUT2D eigenvalue weighted by molar-refractivity contribution is -0.258. The zero-order valence-corrected chi connectivity index (χ0v) is 26.0. The predicted octanol–water partition coefficient (Wildman–Crippen LogP) is 3.15. The second-order valence-corrected chi connectivity index (χ2v) is 14.1. The van der Waals surface area contributed by atoms with Gasteiger partial charge in [0.05, 0.1) is 24.9 Å². The summed E-state index contributed by atoms with van der Waals surface area (Å²) >= 11 is 0. The number of carbonyl (C=O) groups is 3. The van der Waals surface area contributed by atoms with Gasteiger partial charge in [0.2, 0.25) is 0 Å². The zero-order valence-electron chi connectivity index (χ0n) is 26.0. The number of ether oxygens (including phenoxy) is 5. The molecular weight excluding hydrogens is 556 g/mol. The Hall–Kier alpha value is -2.53. The normalized spacial score (nSPS) is 47.2. The molecule has 6 rings (SSSR count). The number of rotatable bonds is 4. The van der Waals surface area contributed by atoms with Crippen LogP contribution >= 0.6 is 0 Å². The minimum absolute atomic E-state index is 0.195. The molecule has 0 bridgehead atoms. The Balaban J connectivity index is 1.57. The third-order valence-corrected chi connectivity index (χ3v) is 12.0.